The average molecular weight is 511 g/mol. The summed E-state index contributed by atoms with van der Waals surface area (Å²) in [6.45, 7) is 5.75. The van der Waals surface area contributed by atoms with Gasteiger partial charge in [0.05, 0.1) is 20.6 Å². The third kappa shape index (κ3) is 14.3. The number of aryl methyl sites for hydroxylation is 1. The molecule has 37 heavy (non-hydrogen) atoms. The smallest absolute Gasteiger partial charge is 0.317 e. The van der Waals surface area contributed by atoms with Crippen LogP contribution in [-0.2, 0) is 22.5 Å². The van der Waals surface area contributed by atoms with Gasteiger partial charge in [0.1, 0.15) is 18.2 Å². The Hall–Kier alpha value is -2.33. The van der Waals surface area contributed by atoms with Gasteiger partial charge < -0.3 is 14.0 Å². The third-order valence-corrected chi connectivity index (χ3v) is 7.02. The molecule has 0 spiro atoms. The number of hydrogen-bond donors (Lipinski definition) is 0. The number of hydrogen-bond acceptors (Lipinski definition) is 3. The minimum atomic E-state index is -0.212. The summed E-state index contributed by atoms with van der Waals surface area (Å²) >= 11 is 0. The van der Waals surface area contributed by atoms with E-state index in [0.29, 0.717) is 6.54 Å². The largest absolute Gasteiger partial charge is 0.457 e. The summed E-state index contributed by atoms with van der Waals surface area (Å²) in [5.74, 6) is 0.354. The third-order valence-electron chi connectivity index (χ3n) is 7.02. The molecule has 0 saturated carbocycles. The molecule has 0 amide bonds. The summed E-state index contributed by atoms with van der Waals surface area (Å²) in [6, 6.07) is 18.6. The lowest BCUT2D eigenvalue weighted by Crippen LogP contribution is -2.44. The molecule has 4 heteroatoms. The van der Waals surface area contributed by atoms with Gasteiger partial charge in [-0.2, -0.15) is 0 Å². The first-order valence-electron chi connectivity index (χ1n) is 14.6. The molecule has 0 bridgehead atoms. The number of carbonyl (C=O) groups is 1. The summed E-state index contributed by atoms with van der Waals surface area (Å²) in [5, 5.41) is 0. The Morgan fingerprint density at radius 3 is 2.03 bits per heavy atom. The minimum absolute atomic E-state index is 0.0445. The van der Waals surface area contributed by atoms with Crippen molar-refractivity contribution >= 4 is 5.97 Å². The Balaban J connectivity index is 1.59. The first kappa shape index (κ1) is 30.9. The zero-order valence-electron chi connectivity index (χ0n) is 24.1. The van der Waals surface area contributed by atoms with Crippen LogP contribution in [0.5, 0.6) is 5.75 Å². The summed E-state index contributed by atoms with van der Waals surface area (Å²) in [6.07, 6.45) is 16.0. The maximum atomic E-state index is 12.5. The zero-order chi connectivity index (χ0) is 26.8. The molecule has 0 heterocycles. The van der Waals surface area contributed by atoms with E-state index < -0.39 is 0 Å². The van der Waals surface area contributed by atoms with E-state index in [2.05, 4.69) is 57.4 Å². The monoisotopic (exact) mass is 510 g/mol. The molecule has 0 N–H and O–H groups in total. The molecule has 2 aromatic rings. The first-order chi connectivity index (χ1) is 17.9. The van der Waals surface area contributed by atoms with Gasteiger partial charge in [-0.3, -0.25) is 4.79 Å². The van der Waals surface area contributed by atoms with Crippen LogP contribution in [0, 0.1) is 5.92 Å². The number of unbranched alkanes of at least 4 members (excludes halogenated alkanes) is 10. The van der Waals surface area contributed by atoms with Crippen LogP contribution >= 0.6 is 0 Å². The molecule has 0 aliphatic heterocycles. The van der Waals surface area contributed by atoms with Crippen LogP contribution in [0.1, 0.15) is 95.6 Å². The Labute approximate surface area is 227 Å². The molecule has 206 valence electrons. The van der Waals surface area contributed by atoms with Crippen LogP contribution in [0.15, 0.2) is 54.6 Å². The number of esters is 1. The minimum Gasteiger partial charge on any atom is -0.457 e. The normalized spacial score (nSPS) is 12.3. The van der Waals surface area contributed by atoms with Crippen LogP contribution in [0.2, 0.25) is 0 Å². The summed E-state index contributed by atoms with van der Waals surface area (Å²) in [7, 11) is 4.29. The second-order valence-electron chi connectivity index (χ2n) is 11.3. The van der Waals surface area contributed by atoms with Gasteiger partial charge in [0.2, 0.25) is 6.79 Å². The maximum Gasteiger partial charge on any atom is 0.317 e. The Morgan fingerprint density at radius 1 is 0.784 bits per heavy atom. The van der Waals surface area contributed by atoms with E-state index in [-0.39, 0.29) is 18.7 Å². The molecule has 0 saturated heterocycles. The molecule has 1 unspecified atom stereocenters. The molecule has 0 aliphatic carbocycles. The van der Waals surface area contributed by atoms with Crippen molar-refractivity contribution in [2.45, 2.75) is 97.4 Å². The van der Waals surface area contributed by atoms with Gasteiger partial charge in [-0.1, -0.05) is 114 Å². The number of quaternary nitrogens is 1. The number of benzene rings is 2. The van der Waals surface area contributed by atoms with E-state index in [1.807, 2.05) is 25.1 Å². The predicted molar refractivity (Wildman–Crippen MR) is 154 cm³/mol. The van der Waals surface area contributed by atoms with Crippen molar-refractivity contribution in [3.8, 4) is 5.75 Å². The van der Waals surface area contributed by atoms with Crippen molar-refractivity contribution in [1.29, 1.82) is 0 Å². The summed E-state index contributed by atoms with van der Waals surface area (Å²) < 4.78 is 11.9. The van der Waals surface area contributed by atoms with E-state index in [0.717, 1.165) is 23.2 Å². The fourth-order valence-corrected chi connectivity index (χ4v) is 5.04. The summed E-state index contributed by atoms with van der Waals surface area (Å²) in [5.41, 5.74) is 2.55. The van der Waals surface area contributed by atoms with Crippen molar-refractivity contribution in [2.75, 3.05) is 27.4 Å². The lowest BCUT2D eigenvalue weighted by atomic mass is 10.0. The van der Waals surface area contributed by atoms with Crippen LogP contribution < -0.4 is 4.74 Å². The number of ether oxygens (including phenoxy) is 2. The SMILES string of the molecule is CCCCCCCCCCCCCc1cccc(OCOC(=O)C(C)C[N+](C)(C)Cc2ccccc2)c1. The average Bonchev–Trinajstić information content (AvgIpc) is 2.87. The molecule has 0 fully saturated rings. The Kier molecular flexibility index (Phi) is 15.0. The highest BCUT2D eigenvalue weighted by Crippen LogP contribution is 2.18. The molecule has 0 radical (unpaired) electrons. The van der Waals surface area contributed by atoms with Crippen molar-refractivity contribution in [1.82, 2.24) is 0 Å². The van der Waals surface area contributed by atoms with Crippen LogP contribution in [0.4, 0.5) is 0 Å². The highest BCUT2D eigenvalue weighted by atomic mass is 16.7. The molecule has 4 nitrogen and oxygen atoms in total. The van der Waals surface area contributed by atoms with Crippen LogP contribution in [0.3, 0.4) is 0 Å². The van der Waals surface area contributed by atoms with Gasteiger partial charge in [0.15, 0.2) is 0 Å². The molecule has 2 rings (SSSR count). The molecule has 2 aromatic carbocycles. The number of rotatable bonds is 20. The van der Waals surface area contributed by atoms with Gasteiger partial charge in [-0.05, 0) is 37.5 Å². The highest BCUT2D eigenvalue weighted by Gasteiger charge is 2.25. The lowest BCUT2D eigenvalue weighted by molar-refractivity contribution is -0.905. The van der Waals surface area contributed by atoms with Crippen molar-refractivity contribution in [2.24, 2.45) is 5.92 Å². The van der Waals surface area contributed by atoms with E-state index in [1.54, 1.807) is 0 Å². The van der Waals surface area contributed by atoms with Crippen molar-refractivity contribution < 1.29 is 18.8 Å². The fraction of sp³-hybridized carbons (Fsp3) is 0.606. The molecule has 0 aromatic heterocycles. The highest BCUT2D eigenvalue weighted by molar-refractivity contribution is 5.72. The van der Waals surface area contributed by atoms with Gasteiger partial charge in [-0.15, -0.1) is 0 Å². The Morgan fingerprint density at radius 2 is 1.38 bits per heavy atom. The van der Waals surface area contributed by atoms with Crippen LogP contribution in [0.25, 0.3) is 0 Å². The predicted octanol–water partition coefficient (Wildman–Crippen LogP) is 8.33. The number of carbonyl (C=O) groups excluding carboxylic acids is 1. The van der Waals surface area contributed by atoms with Gasteiger partial charge in [0, 0.05) is 5.56 Å². The molecular formula is C33H52NO3+. The van der Waals surface area contributed by atoms with Crippen molar-refractivity contribution in [3.05, 3.63) is 65.7 Å². The zero-order valence-corrected chi connectivity index (χ0v) is 24.1. The fourth-order valence-electron chi connectivity index (χ4n) is 5.04. The van der Waals surface area contributed by atoms with E-state index >= 15 is 0 Å². The quantitative estimate of drug-likeness (QED) is 0.0777. The molecule has 0 aliphatic rings. The van der Waals surface area contributed by atoms with Crippen LogP contribution in [-0.4, -0.2) is 37.9 Å². The van der Waals surface area contributed by atoms with Gasteiger partial charge in [-0.25, -0.2) is 0 Å². The molecule has 1 atom stereocenters. The first-order valence-corrected chi connectivity index (χ1v) is 14.6. The van der Waals surface area contributed by atoms with E-state index in [1.165, 1.54) is 81.8 Å². The van der Waals surface area contributed by atoms with Gasteiger partial charge >= 0.3 is 5.97 Å². The lowest BCUT2D eigenvalue weighted by Gasteiger charge is -2.31. The van der Waals surface area contributed by atoms with Gasteiger partial charge in [0.25, 0.3) is 0 Å². The summed E-state index contributed by atoms with van der Waals surface area (Å²) in [4.78, 5) is 12.5. The number of nitrogens with zero attached hydrogens (tertiary/aromatic N) is 1. The second kappa shape index (κ2) is 18.0. The standard InChI is InChI=1S/C33H52NO3/c1-5-6-7-8-9-10-11-12-13-14-16-20-30-23-19-24-32(25-30)36-28-37-33(35)29(2)26-34(3,4)27-31-21-17-15-18-22-31/h15,17-19,21-25,29H,5-14,16,20,26-28H2,1-4H3/q+1. The topological polar surface area (TPSA) is 35.5 Å². The molecular weight excluding hydrogens is 458 g/mol. The van der Waals surface area contributed by atoms with E-state index in [4.69, 9.17) is 9.47 Å². The van der Waals surface area contributed by atoms with Crippen molar-refractivity contribution in [3.63, 3.8) is 0 Å². The Bertz CT molecular complexity index is 865. The second-order valence-corrected chi connectivity index (χ2v) is 11.3. The maximum absolute atomic E-state index is 12.5. The van der Waals surface area contributed by atoms with E-state index in [9.17, 15) is 4.79 Å².